The number of nitriles is 1. The summed E-state index contributed by atoms with van der Waals surface area (Å²) < 4.78 is 5.41. The van der Waals surface area contributed by atoms with Crippen LogP contribution in [-0.2, 0) is 0 Å². The molecular weight excluding hydrogens is 242 g/mol. The Morgan fingerprint density at radius 2 is 2.05 bits per heavy atom. The van der Waals surface area contributed by atoms with Gasteiger partial charge in [0.1, 0.15) is 0 Å². The molecule has 6 nitrogen and oxygen atoms in total. The number of aromatic nitrogens is 3. The summed E-state index contributed by atoms with van der Waals surface area (Å²) in [7, 11) is 0. The summed E-state index contributed by atoms with van der Waals surface area (Å²) >= 11 is 0. The molecule has 0 bridgehead atoms. The predicted octanol–water partition coefficient (Wildman–Crippen LogP) is 1.78. The van der Waals surface area contributed by atoms with Gasteiger partial charge in [-0.25, -0.2) is 0 Å². The van der Waals surface area contributed by atoms with Gasteiger partial charge in [0.2, 0.25) is 5.95 Å². The number of nitrogens with zero attached hydrogens (tertiary/aromatic N) is 4. The molecule has 96 valence electrons. The first-order chi connectivity index (χ1) is 9.08. The Bertz CT molecular complexity index is 633. The Morgan fingerprint density at radius 3 is 2.74 bits per heavy atom. The number of nitrogen functional groups attached to an aromatic ring is 1. The van der Waals surface area contributed by atoms with Crippen LogP contribution in [0.15, 0.2) is 24.3 Å². The van der Waals surface area contributed by atoms with Gasteiger partial charge in [0.05, 0.1) is 17.7 Å². The Kier molecular flexibility index (Phi) is 3.57. The summed E-state index contributed by atoms with van der Waals surface area (Å²) in [5, 5.41) is 8.88. The number of rotatable bonds is 3. The van der Waals surface area contributed by atoms with E-state index in [2.05, 4.69) is 21.0 Å². The number of benzene rings is 1. The number of anilines is 1. The van der Waals surface area contributed by atoms with Gasteiger partial charge < -0.3 is 10.5 Å². The average Bonchev–Trinajstić information content (AvgIpc) is 2.37. The second kappa shape index (κ2) is 5.31. The van der Waals surface area contributed by atoms with Crippen LogP contribution in [-0.4, -0.2) is 21.1 Å². The van der Waals surface area contributed by atoms with Crippen LogP contribution >= 0.6 is 0 Å². The minimum atomic E-state index is -0.0555. The number of nitrogens with two attached hydrogens (primary N) is 1. The molecule has 0 spiro atoms. The zero-order chi connectivity index (χ0) is 13.8. The molecule has 0 radical (unpaired) electrons. The maximum absolute atomic E-state index is 8.88. The molecule has 6 heteroatoms. The van der Waals surface area contributed by atoms with Crippen molar-refractivity contribution in [2.75, 3.05) is 5.73 Å². The summed E-state index contributed by atoms with van der Waals surface area (Å²) in [4.78, 5) is 12.1. The number of hydrogen-bond donors (Lipinski definition) is 1. The van der Waals surface area contributed by atoms with Gasteiger partial charge in [0, 0.05) is 5.56 Å². The van der Waals surface area contributed by atoms with Crippen molar-refractivity contribution in [2.45, 2.75) is 20.0 Å². The number of hydrogen-bond acceptors (Lipinski definition) is 6. The molecule has 0 aliphatic rings. The molecule has 0 aliphatic carbocycles. The largest absolute Gasteiger partial charge is 0.461 e. The van der Waals surface area contributed by atoms with Crippen molar-refractivity contribution in [3.8, 4) is 23.5 Å². The van der Waals surface area contributed by atoms with Gasteiger partial charge in [-0.1, -0.05) is 12.1 Å². The summed E-state index contributed by atoms with van der Waals surface area (Å²) in [6.07, 6.45) is -0.0555. The highest BCUT2D eigenvalue weighted by Crippen LogP contribution is 2.19. The van der Waals surface area contributed by atoms with E-state index in [1.54, 1.807) is 24.3 Å². The standard InChI is InChI=1S/C13H13N5O/c1-8(2)19-13-17-11(16-12(15)18-13)10-5-3-4-9(6-10)7-14/h3-6,8H,1-2H3,(H2,15,16,17,18). The monoisotopic (exact) mass is 255 g/mol. The normalized spacial score (nSPS) is 10.2. The van der Waals surface area contributed by atoms with Crippen LogP contribution in [0.3, 0.4) is 0 Å². The molecule has 2 aromatic rings. The lowest BCUT2D eigenvalue weighted by atomic mass is 10.1. The third-order valence-electron chi connectivity index (χ3n) is 2.22. The van der Waals surface area contributed by atoms with Crippen LogP contribution in [0.2, 0.25) is 0 Å². The summed E-state index contributed by atoms with van der Waals surface area (Å²) in [6.45, 7) is 3.74. The third kappa shape index (κ3) is 3.16. The highest BCUT2D eigenvalue weighted by molar-refractivity contribution is 5.58. The van der Waals surface area contributed by atoms with Gasteiger partial charge in [-0.2, -0.15) is 20.2 Å². The van der Waals surface area contributed by atoms with Gasteiger partial charge in [-0.3, -0.25) is 0 Å². The smallest absolute Gasteiger partial charge is 0.322 e. The average molecular weight is 255 g/mol. The molecule has 0 fully saturated rings. The molecular formula is C13H13N5O. The van der Waals surface area contributed by atoms with E-state index in [4.69, 9.17) is 15.7 Å². The molecule has 0 unspecified atom stereocenters. The lowest BCUT2D eigenvalue weighted by molar-refractivity contribution is 0.222. The molecule has 0 atom stereocenters. The first kappa shape index (κ1) is 12.8. The zero-order valence-corrected chi connectivity index (χ0v) is 10.7. The fraction of sp³-hybridized carbons (Fsp3) is 0.231. The highest BCUT2D eigenvalue weighted by Gasteiger charge is 2.09. The maximum Gasteiger partial charge on any atom is 0.322 e. The van der Waals surface area contributed by atoms with Crippen molar-refractivity contribution in [2.24, 2.45) is 0 Å². The molecule has 0 saturated carbocycles. The summed E-state index contributed by atoms with van der Waals surface area (Å²) in [5.41, 5.74) is 6.86. The quantitative estimate of drug-likeness (QED) is 0.897. The van der Waals surface area contributed by atoms with Crippen LogP contribution < -0.4 is 10.5 Å². The van der Waals surface area contributed by atoms with Gasteiger partial charge in [-0.05, 0) is 26.0 Å². The van der Waals surface area contributed by atoms with E-state index in [9.17, 15) is 0 Å². The van der Waals surface area contributed by atoms with E-state index in [0.717, 1.165) is 0 Å². The van der Waals surface area contributed by atoms with E-state index in [0.29, 0.717) is 17.0 Å². The number of ether oxygens (including phenoxy) is 1. The van der Waals surface area contributed by atoms with E-state index in [1.807, 2.05) is 13.8 Å². The van der Waals surface area contributed by atoms with Gasteiger partial charge in [-0.15, -0.1) is 0 Å². The predicted molar refractivity (Wildman–Crippen MR) is 70.2 cm³/mol. The van der Waals surface area contributed by atoms with E-state index >= 15 is 0 Å². The molecule has 2 N–H and O–H groups in total. The Morgan fingerprint density at radius 1 is 1.26 bits per heavy atom. The van der Waals surface area contributed by atoms with E-state index < -0.39 is 0 Å². The van der Waals surface area contributed by atoms with Crippen molar-refractivity contribution in [1.82, 2.24) is 15.0 Å². The Hall–Kier alpha value is -2.68. The Balaban J connectivity index is 2.44. The second-order valence-corrected chi connectivity index (χ2v) is 4.16. The molecule has 0 aliphatic heterocycles. The van der Waals surface area contributed by atoms with Crippen molar-refractivity contribution in [3.05, 3.63) is 29.8 Å². The summed E-state index contributed by atoms with van der Waals surface area (Å²) in [6, 6.07) is 9.20. The van der Waals surface area contributed by atoms with Gasteiger partial charge in [0.25, 0.3) is 0 Å². The Labute approximate surface area is 110 Å². The fourth-order valence-corrected chi connectivity index (χ4v) is 1.49. The van der Waals surface area contributed by atoms with Crippen LogP contribution in [0.5, 0.6) is 6.01 Å². The molecule has 1 heterocycles. The lowest BCUT2D eigenvalue weighted by Crippen LogP contribution is -2.11. The highest BCUT2D eigenvalue weighted by atomic mass is 16.5. The molecule has 0 amide bonds. The van der Waals surface area contributed by atoms with E-state index in [-0.39, 0.29) is 18.1 Å². The minimum absolute atomic E-state index is 0.0555. The van der Waals surface area contributed by atoms with E-state index in [1.165, 1.54) is 0 Å². The van der Waals surface area contributed by atoms with Gasteiger partial charge >= 0.3 is 6.01 Å². The summed E-state index contributed by atoms with van der Waals surface area (Å²) in [5.74, 6) is 0.475. The molecule has 0 saturated heterocycles. The third-order valence-corrected chi connectivity index (χ3v) is 2.22. The van der Waals surface area contributed by atoms with Crippen molar-refractivity contribution >= 4 is 5.95 Å². The molecule has 2 rings (SSSR count). The van der Waals surface area contributed by atoms with Crippen LogP contribution in [0.1, 0.15) is 19.4 Å². The SMILES string of the molecule is CC(C)Oc1nc(N)nc(-c2cccc(C#N)c2)n1. The lowest BCUT2D eigenvalue weighted by Gasteiger charge is -2.09. The second-order valence-electron chi connectivity index (χ2n) is 4.16. The molecule has 1 aromatic carbocycles. The van der Waals surface area contributed by atoms with Crippen molar-refractivity contribution in [3.63, 3.8) is 0 Å². The first-order valence-electron chi connectivity index (χ1n) is 5.77. The molecule has 1 aromatic heterocycles. The topological polar surface area (TPSA) is 97.7 Å². The van der Waals surface area contributed by atoms with Crippen molar-refractivity contribution < 1.29 is 4.74 Å². The first-order valence-corrected chi connectivity index (χ1v) is 5.77. The maximum atomic E-state index is 8.88. The van der Waals surface area contributed by atoms with Crippen LogP contribution in [0, 0.1) is 11.3 Å². The van der Waals surface area contributed by atoms with Crippen LogP contribution in [0.4, 0.5) is 5.95 Å². The zero-order valence-electron chi connectivity index (χ0n) is 10.7. The van der Waals surface area contributed by atoms with Crippen LogP contribution in [0.25, 0.3) is 11.4 Å². The fourth-order valence-electron chi connectivity index (χ4n) is 1.49. The van der Waals surface area contributed by atoms with Gasteiger partial charge in [0.15, 0.2) is 5.82 Å². The minimum Gasteiger partial charge on any atom is -0.461 e. The van der Waals surface area contributed by atoms with Crippen molar-refractivity contribution in [1.29, 1.82) is 5.26 Å². The molecule has 19 heavy (non-hydrogen) atoms.